The fourth-order valence-electron chi connectivity index (χ4n) is 3.75. The number of benzene rings is 1. The number of hydrogen-bond donors (Lipinski definition) is 2. The molecule has 5 nitrogen and oxygen atoms in total. The number of halogens is 3. The van der Waals surface area contributed by atoms with Crippen LogP contribution in [0.15, 0.2) is 18.2 Å². The molecule has 1 saturated heterocycles. The van der Waals surface area contributed by atoms with Crippen molar-refractivity contribution < 1.29 is 22.7 Å². The molecule has 1 aliphatic heterocycles. The Hall–Kier alpha value is -2.35. The first-order valence-electron chi connectivity index (χ1n) is 10.6. The van der Waals surface area contributed by atoms with E-state index < -0.39 is 12.7 Å². The predicted octanol–water partition coefficient (Wildman–Crippen LogP) is 5.11. The summed E-state index contributed by atoms with van der Waals surface area (Å²) in [6, 6.07) is 5.04. The van der Waals surface area contributed by atoms with E-state index in [9.17, 15) is 18.0 Å². The van der Waals surface area contributed by atoms with Crippen LogP contribution in [0.5, 0.6) is 0 Å². The van der Waals surface area contributed by atoms with Crippen molar-refractivity contribution in [2.45, 2.75) is 64.7 Å². The van der Waals surface area contributed by atoms with Gasteiger partial charge in [-0.1, -0.05) is 20.8 Å². The number of ether oxygens (including phenoxy) is 1. The second-order valence-corrected chi connectivity index (χ2v) is 9.16. The van der Waals surface area contributed by atoms with E-state index in [0.29, 0.717) is 30.0 Å². The maximum absolute atomic E-state index is 12.8. The maximum atomic E-state index is 12.8. The molecule has 2 aromatic rings. The first-order chi connectivity index (χ1) is 14.4. The number of pyridine rings is 1. The van der Waals surface area contributed by atoms with Crippen molar-refractivity contribution in [1.82, 2.24) is 10.3 Å². The first-order valence-corrected chi connectivity index (χ1v) is 10.6. The van der Waals surface area contributed by atoms with Crippen LogP contribution in [-0.2, 0) is 10.2 Å². The molecule has 1 aromatic heterocycles. The average Bonchev–Trinajstić information content (AvgIpc) is 2.69. The van der Waals surface area contributed by atoms with Crippen molar-refractivity contribution >= 4 is 22.5 Å². The monoisotopic (exact) mass is 437 g/mol. The van der Waals surface area contributed by atoms with Gasteiger partial charge in [-0.15, -0.1) is 0 Å². The molecule has 3 rings (SSSR count). The smallest absolute Gasteiger partial charge is 0.376 e. The molecule has 31 heavy (non-hydrogen) atoms. The average molecular weight is 438 g/mol. The van der Waals surface area contributed by atoms with Crippen LogP contribution in [0.1, 0.15) is 61.6 Å². The first kappa shape index (κ1) is 23.3. The van der Waals surface area contributed by atoms with Crippen LogP contribution in [0, 0.1) is 6.92 Å². The van der Waals surface area contributed by atoms with Crippen molar-refractivity contribution in [1.29, 1.82) is 0 Å². The third-order valence-electron chi connectivity index (χ3n) is 5.42. The number of carbonyl (C=O) groups is 1. The van der Waals surface area contributed by atoms with Gasteiger partial charge in [0, 0.05) is 24.2 Å². The molecule has 1 aromatic carbocycles. The number of aromatic nitrogens is 1. The molecule has 1 unspecified atom stereocenters. The molecule has 2 heterocycles. The summed E-state index contributed by atoms with van der Waals surface area (Å²) < 4.78 is 43.7. The number of aryl methyl sites for hydroxylation is 1. The molecule has 1 fully saturated rings. The highest BCUT2D eigenvalue weighted by atomic mass is 19.4. The van der Waals surface area contributed by atoms with Crippen LogP contribution in [0.3, 0.4) is 0 Å². The normalized spacial score (nSPS) is 17.6. The maximum Gasteiger partial charge on any atom is 0.405 e. The summed E-state index contributed by atoms with van der Waals surface area (Å²) in [5.41, 5.74) is 2.49. The summed E-state index contributed by atoms with van der Waals surface area (Å²) in [5.74, 6) is -0.279. The number of anilines is 1. The highest BCUT2D eigenvalue weighted by molar-refractivity contribution is 5.97. The lowest BCUT2D eigenvalue weighted by Crippen LogP contribution is -2.35. The SMILES string of the molecule is Cc1cc(C(=O)NCC2CCCCO2)nc2c(C(C)(C)C)cc(NCC(F)(F)F)cc12. The van der Waals surface area contributed by atoms with Gasteiger partial charge in [0.1, 0.15) is 12.2 Å². The number of fused-ring (bicyclic) bond motifs is 1. The molecule has 1 aliphatic rings. The van der Waals surface area contributed by atoms with Gasteiger partial charge in [0.2, 0.25) is 0 Å². The van der Waals surface area contributed by atoms with E-state index in [1.165, 1.54) is 0 Å². The van der Waals surface area contributed by atoms with Crippen molar-refractivity contribution in [3.05, 3.63) is 35.0 Å². The lowest BCUT2D eigenvalue weighted by Gasteiger charge is -2.24. The van der Waals surface area contributed by atoms with E-state index in [1.807, 2.05) is 27.7 Å². The molecule has 0 aliphatic carbocycles. The van der Waals surface area contributed by atoms with Gasteiger partial charge in [0.05, 0.1) is 11.6 Å². The minimum absolute atomic E-state index is 0.0201. The number of carbonyl (C=O) groups excluding carboxylic acids is 1. The molecule has 170 valence electrons. The highest BCUT2D eigenvalue weighted by Crippen LogP contribution is 2.34. The van der Waals surface area contributed by atoms with Gasteiger partial charge < -0.3 is 15.4 Å². The minimum Gasteiger partial charge on any atom is -0.376 e. The molecule has 1 amide bonds. The van der Waals surface area contributed by atoms with Gasteiger partial charge in [-0.05, 0) is 60.9 Å². The molecule has 0 radical (unpaired) electrons. The van der Waals surface area contributed by atoms with Gasteiger partial charge in [0.25, 0.3) is 5.91 Å². The molecule has 2 N–H and O–H groups in total. The third-order valence-corrected chi connectivity index (χ3v) is 5.42. The lowest BCUT2D eigenvalue weighted by molar-refractivity contribution is -0.115. The summed E-state index contributed by atoms with van der Waals surface area (Å²) >= 11 is 0. The minimum atomic E-state index is -4.31. The van der Waals surface area contributed by atoms with Gasteiger partial charge in [-0.3, -0.25) is 4.79 Å². The molecule has 0 saturated carbocycles. The Morgan fingerprint density at radius 3 is 2.55 bits per heavy atom. The number of rotatable bonds is 5. The number of nitrogens with zero attached hydrogens (tertiary/aromatic N) is 1. The molecular weight excluding hydrogens is 407 g/mol. The largest absolute Gasteiger partial charge is 0.405 e. The fourth-order valence-corrected chi connectivity index (χ4v) is 3.75. The van der Waals surface area contributed by atoms with Crippen LogP contribution in [0.4, 0.5) is 18.9 Å². The Bertz CT molecular complexity index is 946. The van der Waals surface area contributed by atoms with Gasteiger partial charge in [-0.2, -0.15) is 13.2 Å². The molecule has 0 bridgehead atoms. The molecule has 1 atom stereocenters. The Morgan fingerprint density at radius 2 is 1.94 bits per heavy atom. The lowest BCUT2D eigenvalue weighted by atomic mass is 9.84. The Morgan fingerprint density at radius 1 is 1.19 bits per heavy atom. The summed E-state index contributed by atoms with van der Waals surface area (Å²) in [6.07, 6.45) is -1.23. The van der Waals surface area contributed by atoms with Crippen LogP contribution < -0.4 is 10.6 Å². The Kier molecular flexibility index (Phi) is 6.79. The summed E-state index contributed by atoms with van der Waals surface area (Å²) in [6.45, 7) is 7.79. The van der Waals surface area contributed by atoms with E-state index in [2.05, 4.69) is 15.6 Å². The number of amides is 1. The van der Waals surface area contributed by atoms with E-state index in [1.54, 1.807) is 18.2 Å². The Labute approximate surface area is 180 Å². The van der Waals surface area contributed by atoms with Crippen molar-refractivity contribution in [3.63, 3.8) is 0 Å². The molecular formula is C23H30F3N3O2. The van der Waals surface area contributed by atoms with E-state index in [0.717, 1.165) is 35.8 Å². The molecule has 0 spiro atoms. The van der Waals surface area contributed by atoms with Crippen LogP contribution >= 0.6 is 0 Å². The highest BCUT2D eigenvalue weighted by Gasteiger charge is 2.27. The van der Waals surface area contributed by atoms with Crippen molar-refractivity contribution in [2.24, 2.45) is 0 Å². The second kappa shape index (κ2) is 9.02. The quantitative estimate of drug-likeness (QED) is 0.682. The standard InChI is InChI=1S/C23H30F3N3O2/c1-14-9-19(21(30)27-12-16-7-5-6-8-31-16)29-20-17(14)10-15(28-13-23(24,25)26)11-18(20)22(2,3)4/h9-11,16,28H,5-8,12-13H2,1-4H3,(H,27,30). The third kappa shape index (κ3) is 6.09. The zero-order chi connectivity index (χ0) is 22.8. The van der Waals surface area contributed by atoms with E-state index >= 15 is 0 Å². The Balaban J connectivity index is 1.92. The second-order valence-electron chi connectivity index (χ2n) is 9.16. The zero-order valence-electron chi connectivity index (χ0n) is 18.4. The molecule has 8 heteroatoms. The topological polar surface area (TPSA) is 63.2 Å². The van der Waals surface area contributed by atoms with Crippen LogP contribution in [0.25, 0.3) is 10.9 Å². The van der Waals surface area contributed by atoms with Crippen LogP contribution in [-0.4, -0.2) is 42.9 Å². The number of nitrogens with one attached hydrogen (secondary N) is 2. The summed E-state index contributed by atoms with van der Waals surface area (Å²) in [5, 5.41) is 6.09. The summed E-state index contributed by atoms with van der Waals surface area (Å²) in [4.78, 5) is 17.4. The van der Waals surface area contributed by atoms with Crippen LogP contribution in [0.2, 0.25) is 0 Å². The van der Waals surface area contributed by atoms with Gasteiger partial charge in [-0.25, -0.2) is 4.98 Å². The zero-order valence-corrected chi connectivity index (χ0v) is 18.4. The predicted molar refractivity (Wildman–Crippen MR) is 116 cm³/mol. The van der Waals surface area contributed by atoms with E-state index in [-0.39, 0.29) is 17.4 Å². The van der Waals surface area contributed by atoms with Crippen molar-refractivity contribution in [2.75, 3.05) is 25.0 Å². The number of alkyl halides is 3. The van der Waals surface area contributed by atoms with E-state index in [4.69, 9.17) is 4.74 Å². The van der Waals surface area contributed by atoms with Gasteiger partial charge >= 0.3 is 6.18 Å². The fraction of sp³-hybridized carbons (Fsp3) is 0.565. The summed E-state index contributed by atoms with van der Waals surface area (Å²) in [7, 11) is 0. The number of hydrogen-bond acceptors (Lipinski definition) is 4. The van der Waals surface area contributed by atoms with Gasteiger partial charge in [0.15, 0.2) is 0 Å². The van der Waals surface area contributed by atoms with Crippen molar-refractivity contribution in [3.8, 4) is 0 Å².